The summed E-state index contributed by atoms with van der Waals surface area (Å²) in [5, 5.41) is 8.69. The molecule has 0 heterocycles. The number of benzene rings is 2. The number of unbranched alkanes of at least 4 members (excludes halogenated alkanes) is 1. The predicted molar refractivity (Wildman–Crippen MR) is 124 cm³/mol. The first-order valence-corrected chi connectivity index (χ1v) is 10.4. The number of anilines is 1. The number of carbonyl (C=O) groups is 2. The van der Waals surface area contributed by atoms with Crippen molar-refractivity contribution in [3.8, 4) is 5.75 Å². The Kier molecular flexibility index (Phi) is 8.35. The first kappa shape index (κ1) is 23.3. The molecule has 0 saturated heterocycles. The summed E-state index contributed by atoms with van der Waals surface area (Å²) in [7, 11) is 0. The van der Waals surface area contributed by atoms with Gasteiger partial charge in [0, 0.05) is 16.8 Å². The van der Waals surface area contributed by atoms with Crippen molar-refractivity contribution < 1.29 is 14.3 Å². The van der Waals surface area contributed by atoms with E-state index in [1.165, 1.54) is 0 Å². The van der Waals surface area contributed by atoms with Crippen molar-refractivity contribution in [2.45, 2.75) is 46.1 Å². The summed E-state index contributed by atoms with van der Waals surface area (Å²) in [6.07, 6.45) is 1.93. The van der Waals surface area contributed by atoms with Gasteiger partial charge in [0.25, 0.3) is 11.8 Å². The normalized spacial score (nSPS) is 10.8. The van der Waals surface area contributed by atoms with Gasteiger partial charge in [-0.25, -0.2) is 0 Å². The zero-order valence-electron chi connectivity index (χ0n) is 17.9. The highest BCUT2D eigenvalue weighted by atomic mass is 32.1. The molecule has 6 nitrogen and oxygen atoms in total. The molecule has 0 bridgehead atoms. The number of thiocarbonyl (C=S) groups is 1. The fourth-order valence-corrected chi connectivity index (χ4v) is 2.77. The van der Waals surface area contributed by atoms with Crippen LogP contribution >= 0.6 is 12.2 Å². The van der Waals surface area contributed by atoms with E-state index in [1.807, 2.05) is 26.8 Å². The third-order valence-electron chi connectivity index (χ3n) is 4.01. The second-order valence-corrected chi connectivity index (χ2v) is 8.30. The fraction of sp³-hybridized carbons (Fsp3) is 0.348. The molecule has 3 N–H and O–H groups in total. The van der Waals surface area contributed by atoms with Crippen LogP contribution in [0.1, 0.15) is 61.3 Å². The molecule has 0 fully saturated rings. The van der Waals surface area contributed by atoms with Crippen molar-refractivity contribution in [1.82, 2.24) is 10.6 Å². The number of ether oxygens (including phenoxy) is 1. The van der Waals surface area contributed by atoms with Crippen LogP contribution in [-0.4, -0.2) is 29.1 Å². The molecule has 0 aliphatic carbocycles. The molecular formula is C23H29N3O3S. The molecular weight excluding hydrogens is 398 g/mol. The van der Waals surface area contributed by atoms with Crippen molar-refractivity contribution in [3.63, 3.8) is 0 Å². The lowest BCUT2D eigenvalue weighted by Crippen LogP contribution is -2.40. The van der Waals surface area contributed by atoms with Gasteiger partial charge in [-0.2, -0.15) is 0 Å². The minimum absolute atomic E-state index is 0.149. The van der Waals surface area contributed by atoms with Gasteiger partial charge in [0.05, 0.1) is 12.2 Å². The zero-order valence-corrected chi connectivity index (χ0v) is 18.7. The molecule has 0 aromatic heterocycles. The molecule has 7 heteroatoms. The molecule has 2 rings (SSSR count). The van der Waals surface area contributed by atoms with Gasteiger partial charge in [0.1, 0.15) is 5.75 Å². The summed E-state index contributed by atoms with van der Waals surface area (Å²) in [5.74, 6) is 0.0332. The van der Waals surface area contributed by atoms with E-state index in [9.17, 15) is 9.59 Å². The highest BCUT2D eigenvalue weighted by Gasteiger charge is 2.16. The largest absolute Gasteiger partial charge is 0.493 e. The maximum absolute atomic E-state index is 12.6. The summed E-state index contributed by atoms with van der Waals surface area (Å²) in [6.45, 7) is 8.41. The van der Waals surface area contributed by atoms with Crippen LogP contribution in [0.2, 0.25) is 0 Å². The molecule has 0 aliphatic rings. The average molecular weight is 428 g/mol. The molecule has 0 radical (unpaired) electrons. The van der Waals surface area contributed by atoms with E-state index in [4.69, 9.17) is 17.0 Å². The second-order valence-electron chi connectivity index (χ2n) is 7.89. The van der Waals surface area contributed by atoms with Crippen molar-refractivity contribution >= 4 is 34.8 Å². The maximum Gasteiger partial charge on any atom is 0.261 e. The molecule has 0 atom stereocenters. The Hall–Kier alpha value is -2.93. The summed E-state index contributed by atoms with van der Waals surface area (Å²) in [4.78, 5) is 24.8. The number of hydrogen-bond donors (Lipinski definition) is 3. The summed E-state index contributed by atoms with van der Waals surface area (Å²) < 4.78 is 5.71. The average Bonchev–Trinajstić information content (AvgIpc) is 2.67. The van der Waals surface area contributed by atoms with Crippen LogP contribution in [0, 0.1) is 0 Å². The fourth-order valence-electron chi connectivity index (χ4n) is 2.56. The quantitative estimate of drug-likeness (QED) is 0.447. The van der Waals surface area contributed by atoms with Crippen LogP contribution in [0.3, 0.4) is 0 Å². The van der Waals surface area contributed by atoms with E-state index < -0.39 is 0 Å². The Bertz CT molecular complexity index is 889. The van der Waals surface area contributed by atoms with Crippen molar-refractivity contribution in [2.75, 3.05) is 11.9 Å². The highest BCUT2D eigenvalue weighted by molar-refractivity contribution is 7.80. The minimum atomic E-state index is -0.347. The van der Waals surface area contributed by atoms with Crippen LogP contribution < -0.4 is 20.7 Å². The Morgan fingerprint density at radius 1 is 1.00 bits per heavy atom. The van der Waals surface area contributed by atoms with E-state index in [1.54, 1.807) is 42.5 Å². The standard InChI is InChI=1S/C23H29N3O3S/c1-5-6-15-29-19-10-8-7-9-18(19)21(28)25-22(30)24-17-13-11-16(12-14-17)20(27)26-23(2,3)4/h7-14H,5-6,15H2,1-4H3,(H,26,27)(H2,24,25,28,30). The molecule has 0 unspecified atom stereocenters. The Morgan fingerprint density at radius 2 is 1.67 bits per heavy atom. The minimum Gasteiger partial charge on any atom is -0.493 e. The lowest BCUT2D eigenvalue weighted by molar-refractivity contribution is 0.0918. The van der Waals surface area contributed by atoms with Gasteiger partial charge in [-0.1, -0.05) is 25.5 Å². The van der Waals surface area contributed by atoms with Gasteiger partial charge in [0.15, 0.2) is 5.11 Å². The van der Waals surface area contributed by atoms with Crippen LogP contribution in [0.4, 0.5) is 5.69 Å². The molecule has 30 heavy (non-hydrogen) atoms. The Balaban J connectivity index is 1.96. The SMILES string of the molecule is CCCCOc1ccccc1C(=O)NC(=S)Nc1ccc(C(=O)NC(C)(C)C)cc1. The summed E-state index contributed by atoms with van der Waals surface area (Å²) >= 11 is 5.25. The monoisotopic (exact) mass is 427 g/mol. The van der Waals surface area contributed by atoms with Gasteiger partial charge in [-0.05, 0) is 75.8 Å². The van der Waals surface area contributed by atoms with Crippen LogP contribution in [-0.2, 0) is 0 Å². The first-order chi connectivity index (χ1) is 14.2. The van der Waals surface area contributed by atoms with E-state index in [-0.39, 0.29) is 22.5 Å². The van der Waals surface area contributed by atoms with E-state index in [0.717, 1.165) is 12.8 Å². The highest BCUT2D eigenvalue weighted by Crippen LogP contribution is 2.18. The zero-order chi connectivity index (χ0) is 22.1. The third-order valence-corrected chi connectivity index (χ3v) is 4.21. The molecule has 2 aromatic carbocycles. The molecule has 0 aliphatic heterocycles. The van der Waals surface area contributed by atoms with Crippen LogP contribution in [0.15, 0.2) is 48.5 Å². The second kappa shape index (κ2) is 10.7. The number of amides is 2. The number of rotatable bonds is 7. The predicted octanol–water partition coefficient (Wildman–Crippen LogP) is 4.52. The van der Waals surface area contributed by atoms with Gasteiger partial charge >= 0.3 is 0 Å². The van der Waals surface area contributed by atoms with Gasteiger partial charge < -0.3 is 15.4 Å². The number of hydrogen-bond acceptors (Lipinski definition) is 4. The van der Waals surface area contributed by atoms with Crippen molar-refractivity contribution in [1.29, 1.82) is 0 Å². The maximum atomic E-state index is 12.6. The van der Waals surface area contributed by atoms with Gasteiger partial charge in [-0.3, -0.25) is 14.9 Å². The molecule has 0 saturated carbocycles. The van der Waals surface area contributed by atoms with Gasteiger partial charge in [0.2, 0.25) is 0 Å². The van der Waals surface area contributed by atoms with E-state index in [0.29, 0.717) is 29.2 Å². The van der Waals surface area contributed by atoms with Crippen molar-refractivity contribution in [3.05, 3.63) is 59.7 Å². The van der Waals surface area contributed by atoms with Crippen molar-refractivity contribution in [2.24, 2.45) is 0 Å². The molecule has 2 aromatic rings. The smallest absolute Gasteiger partial charge is 0.261 e. The lowest BCUT2D eigenvalue weighted by Gasteiger charge is -2.20. The van der Waals surface area contributed by atoms with E-state index >= 15 is 0 Å². The van der Waals surface area contributed by atoms with Crippen LogP contribution in [0.25, 0.3) is 0 Å². The van der Waals surface area contributed by atoms with E-state index in [2.05, 4.69) is 22.9 Å². The first-order valence-electron chi connectivity index (χ1n) is 9.96. The Labute approximate surface area is 183 Å². The molecule has 0 spiro atoms. The molecule has 160 valence electrons. The summed E-state index contributed by atoms with van der Waals surface area (Å²) in [5.41, 5.74) is 1.33. The van der Waals surface area contributed by atoms with Gasteiger partial charge in [-0.15, -0.1) is 0 Å². The van der Waals surface area contributed by atoms with Crippen LogP contribution in [0.5, 0.6) is 5.75 Å². The topological polar surface area (TPSA) is 79.5 Å². The number of nitrogens with one attached hydrogen (secondary N) is 3. The lowest BCUT2D eigenvalue weighted by atomic mass is 10.1. The number of para-hydroxylation sites is 1. The molecule has 2 amide bonds. The Morgan fingerprint density at radius 3 is 2.30 bits per heavy atom. The third kappa shape index (κ3) is 7.48. The number of carbonyl (C=O) groups excluding carboxylic acids is 2. The summed E-state index contributed by atoms with van der Waals surface area (Å²) in [6, 6.07) is 13.9.